The van der Waals surface area contributed by atoms with Crippen molar-refractivity contribution in [3.63, 3.8) is 0 Å². The lowest BCUT2D eigenvalue weighted by Crippen LogP contribution is -2.54. The number of anilines is 2. The van der Waals surface area contributed by atoms with E-state index in [1.54, 1.807) is 6.20 Å². The molecule has 18 heavy (non-hydrogen) atoms. The summed E-state index contributed by atoms with van der Waals surface area (Å²) in [6.45, 7) is 5.60. The van der Waals surface area contributed by atoms with Crippen LogP contribution in [0.2, 0.25) is 0 Å². The lowest BCUT2D eigenvalue weighted by molar-refractivity contribution is -0.101. The molecular formula is C13H21N3O2. The van der Waals surface area contributed by atoms with Crippen molar-refractivity contribution in [3.8, 4) is 0 Å². The number of hydrogen-bond donors (Lipinski definition) is 2. The number of aromatic nitrogens is 1. The van der Waals surface area contributed by atoms with Gasteiger partial charge in [0.05, 0.1) is 42.1 Å². The molecule has 0 aliphatic carbocycles. The molecule has 1 aromatic heterocycles. The number of aliphatic hydroxyl groups is 1. The molecule has 1 aliphatic heterocycles. The van der Waals surface area contributed by atoms with Crippen molar-refractivity contribution >= 4 is 11.4 Å². The van der Waals surface area contributed by atoms with Crippen LogP contribution in [0.3, 0.4) is 0 Å². The Kier molecular flexibility index (Phi) is 3.73. The first-order chi connectivity index (χ1) is 8.54. The van der Waals surface area contributed by atoms with Gasteiger partial charge in [0.1, 0.15) is 0 Å². The van der Waals surface area contributed by atoms with Crippen LogP contribution in [-0.2, 0) is 4.74 Å². The van der Waals surface area contributed by atoms with Gasteiger partial charge in [-0.05, 0) is 19.9 Å². The maximum Gasteiger partial charge on any atom is 0.0988 e. The Bertz CT molecular complexity index is 409. The lowest BCUT2D eigenvalue weighted by Gasteiger charge is -2.43. The monoisotopic (exact) mass is 251 g/mol. The highest BCUT2D eigenvalue weighted by Crippen LogP contribution is 2.26. The number of ether oxygens (including phenoxy) is 1. The third-order valence-electron chi connectivity index (χ3n) is 3.06. The Balaban J connectivity index is 2.20. The van der Waals surface area contributed by atoms with Gasteiger partial charge in [-0.15, -0.1) is 0 Å². The molecule has 5 heteroatoms. The second kappa shape index (κ2) is 5.12. The van der Waals surface area contributed by atoms with Crippen LogP contribution in [0.4, 0.5) is 11.4 Å². The number of morpholine rings is 1. The van der Waals surface area contributed by atoms with Crippen molar-refractivity contribution in [2.45, 2.75) is 25.6 Å². The molecule has 1 atom stereocenters. The minimum Gasteiger partial charge on any atom is -0.394 e. The van der Waals surface area contributed by atoms with Gasteiger partial charge in [0, 0.05) is 20.1 Å². The molecule has 0 spiro atoms. The van der Waals surface area contributed by atoms with Crippen LogP contribution in [0.1, 0.15) is 13.8 Å². The third kappa shape index (κ3) is 2.91. The fraction of sp³-hybridized carbons (Fsp3) is 0.615. The van der Waals surface area contributed by atoms with E-state index in [0.29, 0.717) is 6.54 Å². The lowest BCUT2D eigenvalue weighted by atomic mass is 10.0. The summed E-state index contributed by atoms with van der Waals surface area (Å²) in [4.78, 5) is 6.43. The van der Waals surface area contributed by atoms with Crippen LogP contribution in [-0.4, -0.2) is 48.5 Å². The van der Waals surface area contributed by atoms with Gasteiger partial charge in [-0.2, -0.15) is 0 Å². The maximum atomic E-state index is 9.31. The topological polar surface area (TPSA) is 57.6 Å². The molecule has 1 unspecified atom stereocenters. The fourth-order valence-corrected chi connectivity index (χ4v) is 2.32. The minimum absolute atomic E-state index is 0.0408. The molecule has 0 aromatic carbocycles. The van der Waals surface area contributed by atoms with E-state index in [-0.39, 0.29) is 18.3 Å². The van der Waals surface area contributed by atoms with Gasteiger partial charge in [0.25, 0.3) is 0 Å². The number of aliphatic hydroxyl groups excluding tert-OH is 1. The molecule has 0 bridgehead atoms. The Morgan fingerprint density at radius 1 is 1.56 bits per heavy atom. The number of pyridine rings is 1. The van der Waals surface area contributed by atoms with E-state index in [1.807, 2.05) is 27.1 Å². The first-order valence-electron chi connectivity index (χ1n) is 6.20. The van der Waals surface area contributed by atoms with Crippen molar-refractivity contribution in [1.29, 1.82) is 0 Å². The average Bonchev–Trinajstić information content (AvgIpc) is 2.37. The van der Waals surface area contributed by atoms with Gasteiger partial charge in [-0.1, -0.05) is 0 Å². The van der Waals surface area contributed by atoms with Gasteiger partial charge in [-0.25, -0.2) is 0 Å². The second-order valence-corrected chi connectivity index (χ2v) is 5.24. The molecule has 1 saturated heterocycles. The van der Waals surface area contributed by atoms with Crippen LogP contribution in [0.15, 0.2) is 18.5 Å². The molecule has 5 nitrogen and oxygen atoms in total. The van der Waals surface area contributed by atoms with E-state index < -0.39 is 0 Å². The molecule has 2 rings (SSSR count). The second-order valence-electron chi connectivity index (χ2n) is 5.24. The highest BCUT2D eigenvalue weighted by Gasteiger charge is 2.33. The minimum atomic E-state index is -0.263. The van der Waals surface area contributed by atoms with E-state index in [4.69, 9.17) is 4.74 Å². The summed E-state index contributed by atoms with van der Waals surface area (Å²) in [6.07, 6.45) is 3.49. The van der Waals surface area contributed by atoms with Gasteiger partial charge >= 0.3 is 0 Å². The summed E-state index contributed by atoms with van der Waals surface area (Å²) in [6, 6.07) is 2.06. The summed E-state index contributed by atoms with van der Waals surface area (Å²) in [5, 5.41) is 12.4. The summed E-state index contributed by atoms with van der Waals surface area (Å²) in [7, 11) is 1.88. The van der Waals surface area contributed by atoms with Crippen molar-refractivity contribution in [3.05, 3.63) is 18.5 Å². The zero-order valence-corrected chi connectivity index (χ0v) is 11.2. The molecule has 1 aromatic rings. The zero-order chi connectivity index (χ0) is 13.2. The number of nitrogens with zero attached hydrogens (tertiary/aromatic N) is 2. The van der Waals surface area contributed by atoms with E-state index >= 15 is 0 Å². The van der Waals surface area contributed by atoms with Gasteiger partial charge in [0.15, 0.2) is 0 Å². The molecule has 1 fully saturated rings. The normalized spacial score (nSPS) is 22.9. The van der Waals surface area contributed by atoms with Crippen molar-refractivity contribution in [2.24, 2.45) is 0 Å². The van der Waals surface area contributed by atoms with E-state index in [0.717, 1.165) is 17.9 Å². The van der Waals surface area contributed by atoms with E-state index in [1.165, 1.54) is 0 Å². The molecule has 0 saturated carbocycles. The third-order valence-corrected chi connectivity index (χ3v) is 3.06. The molecule has 0 radical (unpaired) electrons. The fourth-order valence-electron chi connectivity index (χ4n) is 2.32. The van der Waals surface area contributed by atoms with Gasteiger partial charge in [-0.3, -0.25) is 4.98 Å². The van der Waals surface area contributed by atoms with Crippen molar-refractivity contribution < 1.29 is 9.84 Å². The van der Waals surface area contributed by atoms with Crippen LogP contribution in [0.5, 0.6) is 0 Å². The standard InChI is InChI=1S/C13H21N3O2/c1-13(2)9-16(7-12(8-17)18-13)11-4-10(14-3)5-15-6-11/h4-6,12,14,17H,7-9H2,1-3H3. The predicted octanol–water partition coefficient (Wildman–Crippen LogP) is 1.10. The number of rotatable bonds is 3. The van der Waals surface area contributed by atoms with Gasteiger partial charge in [0.2, 0.25) is 0 Å². The largest absolute Gasteiger partial charge is 0.394 e. The van der Waals surface area contributed by atoms with E-state index in [9.17, 15) is 5.11 Å². The Hall–Kier alpha value is -1.33. The Labute approximate surface area is 108 Å². The highest BCUT2D eigenvalue weighted by atomic mass is 16.5. The zero-order valence-electron chi connectivity index (χ0n) is 11.2. The molecular weight excluding hydrogens is 230 g/mol. The maximum absolute atomic E-state index is 9.31. The quantitative estimate of drug-likeness (QED) is 0.842. The SMILES string of the molecule is CNc1cncc(N2CC(CO)OC(C)(C)C2)c1. The molecule has 1 aliphatic rings. The van der Waals surface area contributed by atoms with Crippen molar-refractivity contribution in [1.82, 2.24) is 4.98 Å². The Morgan fingerprint density at radius 3 is 3.00 bits per heavy atom. The summed E-state index contributed by atoms with van der Waals surface area (Å²) in [5.41, 5.74) is 1.77. The number of nitrogens with one attached hydrogen (secondary N) is 1. The van der Waals surface area contributed by atoms with Crippen LogP contribution >= 0.6 is 0 Å². The molecule has 2 N–H and O–H groups in total. The molecule has 2 heterocycles. The van der Waals surface area contributed by atoms with Gasteiger partial charge < -0.3 is 20.1 Å². The summed E-state index contributed by atoms with van der Waals surface area (Å²) in [5.74, 6) is 0. The van der Waals surface area contributed by atoms with E-state index in [2.05, 4.69) is 21.3 Å². The average molecular weight is 251 g/mol. The molecule has 0 amide bonds. The molecule has 100 valence electrons. The van der Waals surface area contributed by atoms with Crippen molar-refractivity contribution in [2.75, 3.05) is 37.0 Å². The smallest absolute Gasteiger partial charge is 0.0988 e. The summed E-state index contributed by atoms with van der Waals surface area (Å²) < 4.78 is 5.80. The predicted molar refractivity (Wildman–Crippen MR) is 72.0 cm³/mol. The number of hydrogen-bond acceptors (Lipinski definition) is 5. The summed E-state index contributed by atoms with van der Waals surface area (Å²) >= 11 is 0. The Morgan fingerprint density at radius 2 is 2.33 bits per heavy atom. The van der Waals surface area contributed by atoms with Crippen LogP contribution in [0.25, 0.3) is 0 Å². The highest BCUT2D eigenvalue weighted by molar-refractivity contribution is 5.55. The van der Waals surface area contributed by atoms with Crippen LogP contribution in [0, 0.1) is 0 Å². The first-order valence-corrected chi connectivity index (χ1v) is 6.20. The van der Waals surface area contributed by atoms with Crippen LogP contribution < -0.4 is 10.2 Å². The first kappa shape index (κ1) is 13.1.